The highest BCUT2D eigenvalue weighted by Crippen LogP contribution is 2.26. The molecule has 3 nitrogen and oxygen atoms in total. The smallest absolute Gasteiger partial charge is 0.331 e. The summed E-state index contributed by atoms with van der Waals surface area (Å²) in [5.41, 5.74) is 0.303. The molecule has 0 saturated carbocycles. The summed E-state index contributed by atoms with van der Waals surface area (Å²) in [6.07, 6.45) is 2.13. The zero-order valence-corrected chi connectivity index (χ0v) is 11.7. The van der Waals surface area contributed by atoms with E-state index >= 15 is 0 Å². The van der Waals surface area contributed by atoms with E-state index in [1.165, 1.54) is 0 Å². The Hall–Kier alpha value is -2.29. The van der Waals surface area contributed by atoms with Gasteiger partial charge < -0.3 is 9.84 Å². The Morgan fingerprint density at radius 2 is 1.95 bits per heavy atom. The summed E-state index contributed by atoms with van der Waals surface area (Å²) in [4.78, 5) is 10.9. The van der Waals surface area contributed by atoms with Crippen LogP contribution in [0.1, 0.15) is 20.3 Å². The van der Waals surface area contributed by atoms with Gasteiger partial charge in [0, 0.05) is 11.0 Å². The summed E-state index contributed by atoms with van der Waals surface area (Å²) in [6, 6.07) is 13.9. The van der Waals surface area contributed by atoms with Gasteiger partial charge in [-0.05, 0) is 30.9 Å². The van der Waals surface area contributed by atoms with Crippen LogP contribution in [0.4, 0.5) is 0 Å². The highest BCUT2D eigenvalue weighted by atomic mass is 16.5. The Balaban J connectivity index is 2.31. The van der Waals surface area contributed by atoms with Crippen LogP contribution in [0, 0.1) is 0 Å². The molecule has 20 heavy (non-hydrogen) atoms. The lowest BCUT2D eigenvalue weighted by atomic mass is 10.1. The van der Waals surface area contributed by atoms with E-state index < -0.39 is 5.97 Å². The standard InChI is InChI=1S/C17H18O3/c1-3-14(11-12(2)17(18)19)20-16-10-6-8-13-7-4-5-9-15(13)16/h4-11,14H,3H2,1-2H3,(H,18,19). The Labute approximate surface area is 118 Å². The van der Waals surface area contributed by atoms with Gasteiger partial charge in [-0.25, -0.2) is 4.79 Å². The SMILES string of the molecule is CCC(C=C(C)C(=O)O)Oc1cccc2ccccc12. The van der Waals surface area contributed by atoms with Gasteiger partial charge >= 0.3 is 5.97 Å². The second-order valence-electron chi connectivity index (χ2n) is 4.70. The molecule has 2 aromatic rings. The molecule has 0 heterocycles. The molecule has 0 bridgehead atoms. The molecular weight excluding hydrogens is 252 g/mol. The number of rotatable bonds is 5. The van der Waals surface area contributed by atoms with Crippen molar-refractivity contribution in [3.8, 4) is 5.75 Å². The molecule has 0 radical (unpaired) electrons. The van der Waals surface area contributed by atoms with Crippen LogP contribution in [0.3, 0.4) is 0 Å². The first-order chi connectivity index (χ1) is 9.61. The minimum Gasteiger partial charge on any atom is -0.486 e. The topological polar surface area (TPSA) is 46.5 Å². The third kappa shape index (κ3) is 3.18. The third-order valence-corrected chi connectivity index (χ3v) is 3.20. The lowest BCUT2D eigenvalue weighted by molar-refractivity contribution is -0.132. The Bertz CT molecular complexity index is 638. The molecule has 1 unspecified atom stereocenters. The molecule has 2 rings (SSSR count). The fourth-order valence-corrected chi connectivity index (χ4v) is 2.05. The Morgan fingerprint density at radius 1 is 1.25 bits per heavy atom. The molecule has 3 heteroatoms. The van der Waals surface area contributed by atoms with Crippen molar-refractivity contribution >= 4 is 16.7 Å². The van der Waals surface area contributed by atoms with Crippen molar-refractivity contribution in [2.45, 2.75) is 26.4 Å². The zero-order chi connectivity index (χ0) is 14.5. The highest BCUT2D eigenvalue weighted by Gasteiger charge is 2.10. The first-order valence-electron chi connectivity index (χ1n) is 6.68. The molecule has 104 valence electrons. The van der Waals surface area contributed by atoms with E-state index in [0.717, 1.165) is 16.5 Å². The normalized spacial score (nSPS) is 13.2. The van der Waals surface area contributed by atoms with Crippen LogP contribution in [0.15, 0.2) is 54.1 Å². The lowest BCUT2D eigenvalue weighted by Gasteiger charge is -2.16. The van der Waals surface area contributed by atoms with Gasteiger partial charge in [0.05, 0.1) is 0 Å². The van der Waals surface area contributed by atoms with Gasteiger partial charge in [0.15, 0.2) is 0 Å². The number of hydrogen-bond donors (Lipinski definition) is 1. The van der Waals surface area contributed by atoms with Crippen molar-refractivity contribution < 1.29 is 14.6 Å². The first-order valence-corrected chi connectivity index (χ1v) is 6.68. The average molecular weight is 270 g/mol. The van der Waals surface area contributed by atoms with Crippen LogP contribution in [0.25, 0.3) is 10.8 Å². The summed E-state index contributed by atoms with van der Waals surface area (Å²) in [5, 5.41) is 11.1. The van der Waals surface area contributed by atoms with E-state index in [9.17, 15) is 4.79 Å². The molecule has 0 aliphatic rings. The molecule has 0 saturated heterocycles. The van der Waals surface area contributed by atoms with Crippen molar-refractivity contribution in [2.75, 3.05) is 0 Å². The third-order valence-electron chi connectivity index (χ3n) is 3.20. The van der Waals surface area contributed by atoms with E-state index in [1.807, 2.05) is 49.4 Å². The van der Waals surface area contributed by atoms with Crippen molar-refractivity contribution in [3.05, 3.63) is 54.1 Å². The summed E-state index contributed by atoms with van der Waals surface area (Å²) >= 11 is 0. The Morgan fingerprint density at radius 3 is 2.65 bits per heavy atom. The molecule has 0 amide bonds. The summed E-state index contributed by atoms with van der Waals surface area (Å²) in [5.74, 6) is -0.130. The fraction of sp³-hybridized carbons (Fsp3) is 0.235. The van der Waals surface area contributed by atoms with Crippen LogP contribution in [0.2, 0.25) is 0 Å². The monoisotopic (exact) mass is 270 g/mol. The minimum atomic E-state index is -0.912. The van der Waals surface area contributed by atoms with E-state index in [-0.39, 0.29) is 6.10 Å². The molecule has 1 N–H and O–H groups in total. The van der Waals surface area contributed by atoms with Crippen molar-refractivity contribution in [1.29, 1.82) is 0 Å². The molecule has 0 aliphatic heterocycles. The maximum absolute atomic E-state index is 10.9. The predicted octanol–water partition coefficient (Wildman–Crippen LogP) is 4.03. The highest BCUT2D eigenvalue weighted by molar-refractivity contribution is 5.88. The van der Waals surface area contributed by atoms with E-state index in [2.05, 4.69) is 0 Å². The van der Waals surface area contributed by atoms with Crippen molar-refractivity contribution in [3.63, 3.8) is 0 Å². The van der Waals surface area contributed by atoms with Crippen LogP contribution in [0.5, 0.6) is 5.75 Å². The number of hydrogen-bond acceptors (Lipinski definition) is 2. The van der Waals surface area contributed by atoms with Gasteiger partial charge in [0.2, 0.25) is 0 Å². The van der Waals surface area contributed by atoms with Gasteiger partial charge in [0.25, 0.3) is 0 Å². The van der Waals surface area contributed by atoms with Gasteiger partial charge in [-0.2, -0.15) is 0 Å². The maximum Gasteiger partial charge on any atom is 0.331 e. The molecule has 0 spiro atoms. The summed E-state index contributed by atoms with van der Waals surface area (Å²) in [7, 11) is 0. The molecule has 0 aromatic heterocycles. The fourth-order valence-electron chi connectivity index (χ4n) is 2.05. The molecular formula is C17H18O3. The minimum absolute atomic E-state index is 0.239. The number of carboxylic acid groups (broad SMARTS) is 1. The van der Waals surface area contributed by atoms with E-state index in [4.69, 9.17) is 9.84 Å². The average Bonchev–Trinajstić information content (AvgIpc) is 2.46. The quantitative estimate of drug-likeness (QED) is 0.834. The van der Waals surface area contributed by atoms with Gasteiger partial charge in [-0.15, -0.1) is 0 Å². The van der Waals surface area contributed by atoms with Gasteiger partial charge in [-0.1, -0.05) is 43.3 Å². The molecule has 2 aromatic carbocycles. The number of aliphatic carboxylic acids is 1. The number of ether oxygens (including phenoxy) is 1. The summed E-state index contributed by atoms with van der Waals surface area (Å²) in [6.45, 7) is 3.55. The molecule has 1 atom stereocenters. The Kier molecular flexibility index (Phi) is 4.41. The van der Waals surface area contributed by atoms with Crippen molar-refractivity contribution in [1.82, 2.24) is 0 Å². The maximum atomic E-state index is 10.9. The van der Waals surface area contributed by atoms with Gasteiger partial charge in [-0.3, -0.25) is 0 Å². The van der Waals surface area contributed by atoms with Crippen LogP contribution < -0.4 is 4.74 Å². The molecule has 0 aliphatic carbocycles. The summed E-state index contributed by atoms with van der Waals surface area (Å²) < 4.78 is 5.96. The van der Waals surface area contributed by atoms with Crippen LogP contribution in [-0.4, -0.2) is 17.2 Å². The van der Waals surface area contributed by atoms with Crippen molar-refractivity contribution in [2.24, 2.45) is 0 Å². The second-order valence-corrected chi connectivity index (χ2v) is 4.70. The first kappa shape index (κ1) is 14.1. The van der Waals surface area contributed by atoms with E-state index in [0.29, 0.717) is 12.0 Å². The molecule has 0 fully saturated rings. The number of carboxylic acids is 1. The largest absolute Gasteiger partial charge is 0.486 e. The predicted molar refractivity (Wildman–Crippen MR) is 80.0 cm³/mol. The zero-order valence-electron chi connectivity index (χ0n) is 11.7. The van der Waals surface area contributed by atoms with Crippen LogP contribution in [-0.2, 0) is 4.79 Å². The van der Waals surface area contributed by atoms with E-state index in [1.54, 1.807) is 13.0 Å². The van der Waals surface area contributed by atoms with Crippen LogP contribution >= 0.6 is 0 Å². The van der Waals surface area contributed by atoms with Gasteiger partial charge in [0.1, 0.15) is 11.9 Å². The number of carbonyl (C=O) groups is 1. The number of fused-ring (bicyclic) bond motifs is 1. The lowest BCUT2D eigenvalue weighted by Crippen LogP contribution is -2.14. The number of benzene rings is 2. The second kappa shape index (κ2) is 6.24.